The molecule has 0 aliphatic heterocycles. The smallest absolute Gasteiger partial charge is 0.407 e. The summed E-state index contributed by atoms with van der Waals surface area (Å²) >= 11 is 0. The van der Waals surface area contributed by atoms with Crippen LogP contribution in [0.2, 0.25) is 0 Å². The van der Waals surface area contributed by atoms with Gasteiger partial charge in [-0.25, -0.2) is 9.78 Å². The van der Waals surface area contributed by atoms with Crippen molar-refractivity contribution >= 4 is 29.5 Å². The molecule has 4 N–H and O–H groups in total. The molecule has 11 heteroatoms. The van der Waals surface area contributed by atoms with Crippen LogP contribution in [0.5, 0.6) is 5.88 Å². The Bertz CT molecular complexity index is 946. The van der Waals surface area contributed by atoms with Gasteiger partial charge in [0.1, 0.15) is 17.2 Å². The molecule has 2 amide bonds. The molecule has 0 aliphatic rings. The second-order valence-electron chi connectivity index (χ2n) is 8.88. The van der Waals surface area contributed by atoms with Crippen molar-refractivity contribution in [2.45, 2.75) is 58.5 Å². The second kappa shape index (κ2) is 13.9. The van der Waals surface area contributed by atoms with Crippen molar-refractivity contribution in [3.8, 4) is 5.88 Å². The minimum Gasteiger partial charge on any atom is -0.480 e. The van der Waals surface area contributed by atoms with Gasteiger partial charge in [-0.15, -0.1) is 10.2 Å². The highest BCUT2D eigenvalue weighted by Gasteiger charge is 2.16. The predicted octanol–water partition coefficient (Wildman–Crippen LogP) is 4.06. The van der Waals surface area contributed by atoms with Gasteiger partial charge in [0.05, 0.1) is 12.7 Å². The van der Waals surface area contributed by atoms with Crippen molar-refractivity contribution in [2.75, 3.05) is 43.2 Å². The molecule has 192 valence electrons. The predicted molar refractivity (Wildman–Crippen MR) is 136 cm³/mol. The lowest BCUT2D eigenvalue weighted by Gasteiger charge is -2.19. The maximum Gasteiger partial charge on any atom is 0.407 e. The van der Waals surface area contributed by atoms with Gasteiger partial charge in [0.25, 0.3) is 5.91 Å². The number of pyridine rings is 1. The number of carbonyl (C=O) groups is 2. The van der Waals surface area contributed by atoms with Crippen molar-refractivity contribution in [3.63, 3.8) is 0 Å². The summed E-state index contributed by atoms with van der Waals surface area (Å²) in [6.45, 7) is 6.81. The van der Waals surface area contributed by atoms with E-state index in [1.807, 2.05) is 20.8 Å². The zero-order chi connectivity index (χ0) is 25.7. The molecule has 0 spiro atoms. The zero-order valence-electron chi connectivity index (χ0n) is 21.2. The van der Waals surface area contributed by atoms with Crippen molar-refractivity contribution < 1.29 is 19.1 Å². The number of anilines is 3. The van der Waals surface area contributed by atoms with E-state index in [4.69, 9.17) is 9.47 Å². The standard InChI is InChI=1S/C24H37N7O4/c1-24(2,3)35-23(33)27-16-10-8-6-7-9-15-26-21-17(11-12-18(25-4)28-21)22(32)29-19-13-14-20(34-5)31-30-19/h11-14H,6-10,15-16H2,1-5H3,(H,27,33)(H2,25,26,28)(H,29,30,32). The molecule has 0 aromatic carbocycles. The van der Waals surface area contributed by atoms with Crippen LogP contribution in [0.15, 0.2) is 24.3 Å². The SMILES string of the molecule is CNc1ccc(C(=O)Nc2ccc(OC)nn2)c(NCCCCCCCNC(=O)OC(C)(C)C)n1. The molecule has 0 bridgehead atoms. The van der Waals surface area contributed by atoms with Gasteiger partial charge < -0.3 is 30.7 Å². The zero-order valence-corrected chi connectivity index (χ0v) is 21.2. The van der Waals surface area contributed by atoms with E-state index in [-0.39, 0.29) is 12.0 Å². The minimum absolute atomic E-state index is 0.320. The summed E-state index contributed by atoms with van der Waals surface area (Å²) in [5.41, 5.74) is -0.0713. The first-order valence-electron chi connectivity index (χ1n) is 11.8. The number of ether oxygens (including phenoxy) is 2. The number of carbonyl (C=O) groups excluding carboxylic acids is 2. The summed E-state index contributed by atoms with van der Waals surface area (Å²) in [7, 11) is 3.27. The summed E-state index contributed by atoms with van der Waals surface area (Å²) in [4.78, 5) is 28.9. The summed E-state index contributed by atoms with van der Waals surface area (Å²) in [5, 5.41) is 19.6. The molecule has 0 radical (unpaired) electrons. The van der Waals surface area contributed by atoms with Crippen LogP contribution in [-0.2, 0) is 4.74 Å². The summed E-state index contributed by atoms with van der Waals surface area (Å²) < 4.78 is 10.2. The Morgan fingerprint density at radius 2 is 1.60 bits per heavy atom. The van der Waals surface area contributed by atoms with Crippen LogP contribution in [0.1, 0.15) is 63.2 Å². The van der Waals surface area contributed by atoms with Crippen LogP contribution in [-0.4, -0.2) is 60.0 Å². The maximum atomic E-state index is 12.8. The van der Waals surface area contributed by atoms with E-state index in [0.29, 0.717) is 42.0 Å². The van der Waals surface area contributed by atoms with Crippen molar-refractivity contribution in [3.05, 3.63) is 29.8 Å². The van der Waals surface area contributed by atoms with E-state index in [0.717, 1.165) is 32.1 Å². The van der Waals surface area contributed by atoms with Crippen molar-refractivity contribution in [1.82, 2.24) is 20.5 Å². The molecular formula is C24H37N7O4. The Morgan fingerprint density at radius 1 is 0.914 bits per heavy atom. The second-order valence-corrected chi connectivity index (χ2v) is 8.88. The third-order valence-corrected chi connectivity index (χ3v) is 4.80. The van der Waals surface area contributed by atoms with E-state index >= 15 is 0 Å². The van der Waals surface area contributed by atoms with E-state index in [1.165, 1.54) is 7.11 Å². The number of amides is 2. The lowest BCUT2D eigenvalue weighted by atomic mass is 10.1. The van der Waals surface area contributed by atoms with Crippen LogP contribution < -0.4 is 26.0 Å². The average Bonchev–Trinajstić information content (AvgIpc) is 2.82. The van der Waals surface area contributed by atoms with Crippen LogP contribution in [0.25, 0.3) is 0 Å². The monoisotopic (exact) mass is 487 g/mol. The van der Waals surface area contributed by atoms with Crippen LogP contribution >= 0.6 is 0 Å². The fourth-order valence-corrected chi connectivity index (χ4v) is 3.09. The van der Waals surface area contributed by atoms with Gasteiger partial charge in [-0.1, -0.05) is 19.3 Å². The summed E-state index contributed by atoms with van der Waals surface area (Å²) in [6.07, 6.45) is 4.53. The van der Waals surface area contributed by atoms with Crippen molar-refractivity contribution in [1.29, 1.82) is 0 Å². The van der Waals surface area contributed by atoms with Gasteiger partial charge in [0.2, 0.25) is 5.88 Å². The number of alkyl carbamates (subject to hydrolysis) is 1. The maximum absolute atomic E-state index is 12.8. The van der Waals surface area contributed by atoms with E-state index in [1.54, 1.807) is 31.3 Å². The highest BCUT2D eigenvalue weighted by atomic mass is 16.6. The van der Waals surface area contributed by atoms with Gasteiger partial charge in [-0.05, 0) is 51.8 Å². The van der Waals surface area contributed by atoms with Gasteiger partial charge in [-0.3, -0.25) is 4.79 Å². The largest absolute Gasteiger partial charge is 0.480 e. The Hall–Kier alpha value is -3.63. The molecule has 0 aliphatic carbocycles. The molecular weight excluding hydrogens is 450 g/mol. The van der Waals surface area contributed by atoms with E-state index in [9.17, 15) is 9.59 Å². The highest BCUT2D eigenvalue weighted by molar-refractivity contribution is 6.07. The summed E-state index contributed by atoms with van der Waals surface area (Å²) in [6, 6.07) is 6.70. The Kier molecular flexibility index (Phi) is 11.0. The fraction of sp³-hybridized carbons (Fsp3) is 0.542. The van der Waals surface area contributed by atoms with Crippen molar-refractivity contribution in [2.24, 2.45) is 0 Å². The normalized spacial score (nSPS) is 10.9. The molecule has 0 saturated carbocycles. The Labute approximate surface area is 206 Å². The molecule has 11 nitrogen and oxygen atoms in total. The average molecular weight is 488 g/mol. The summed E-state index contributed by atoms with van der Waals surface area (Å²) in [5.74, 6) is 1.51. The number of methoxy groups -OCH3 is 1. The minimum atomic E-state index is -0.483. The molecule has 2 aromatic heterocycles. The molecule has 35 heavy (non-hydrogen) atoms. The third-order valence-electron chi connectivity index (χ3n) is 4.80. The van der Waals surface area contributed by atoms with Crippen LogP contribution in [0.3, 0.4) is 0 Å². The fourth-order valence-electron chi connectivity index (χ4n) is 3.09. The molecule has 0 fully saturated rings. The van der Waals surface area contributed by atoms with Gasteiger partial charge >= 0.3 is 6.09 Å². The lowest BCUT2D eigenvalue weighted by Crippen LogP contribution is -2.32. The number of nitrogens with one attached hydrogen (secondary N) is 4. The molecule has 2 heterocycles. The van der Waals surface area contributed by atoms with Gasteiger partial charge in [0.15, 0.2) is 5.82 Å². The molecule has 0 saturated heterocycles. The van der Waals surface area contributed by atoms with Crippen LogP contribution in [0, 0.1) is 0 Å². The topological polar surface area (TPSA) is 139 Å². The first kappa shape index (κ1) is 27.6. The number of aromatic nitrogens is 3. The number of unbranched alkanes of at least 4 members (excludes halogenated alkanes) is 4. The molecule has 2 aromatic rings. The van der Waals surface area contributed by atoms with E-state index < -0.39 is 5.60 Å². The molecule has 0 atom stereocenters. The molecule has 2 rings (SSSR count). The quantitative estimate of drug-likeness (QED) is 0.308. The first-order valence-corrected chi connectivity index (χ1v) is 11.8. The Balaban J connectivity index is 1.75. The number of nitrogens with zero attached hydrogens (tertiary/aromatic N) is 3. The first-order chi connectivity index (χ1) is 16.7. The van der Waals surface area contributed by atoms with Gasteiger partial charge in [0, 0.05) is 26.2 Å². The number of hydrogen-bond acceptors (Lipinski definition) is 9. The van der Waals surface area contributed by atoms with Crippen LogP contribution in [0.4, 0.5) is 22.2 Å². The van der Waals surface area contributed by atoms with Gasteiger partial charge in [-0.2, -0.15) is 0 Å². The number of rotatable bonds is 13. The highest BCUT2D eigenvalue weighted by Crippen LogP contribution is 2.19. The Morgan fingerprint density at radius 3 is 2.23 bits per heavy atom. The molecule has 0 unspecified atom stereocenters. The third kappa shape index (κ3) is 10.4. The van der Waals surface area contributed by atoms with E-state index in [2.05, 4.69) is 36.4 Å². The lowest BCUT2D eigenvalue weighted by molar-refractivity contribution is 0.0526. The number of hydrogen-bond donors (Lipinski definition) is 4.